The second kappa shape index (κ2) is 16.5. The predicted molar refractivity (Wildman–Crippen MR) is 90.0 cm³/mol. The van der Waals surface area contributed by atoms with Gasteiger partial charge in [0.05, 0.1) is 0 Å². The summed E-state index contributed by atoms with van der Waals surface area (Å²) in [5.74, 6) is 0. The van der Waals surface area contributed by atoms with E-state index in [0.29, 0.717) is 23.7 Å². The summed E-state index contributed by atoms with van der Waals surface area (Å²) in [6.07, 6.45) is 5.07. The van der Waals surface area contributed by atoms with E-state index in [-0.39, 0.29) is 0 Å². The number of unbranched alkanes of at least 4 members (excludes halogenated alkanes) is 2. The fourth-order valence-corrected chi connectivity index (χ4v) is 1.47. The maximum absolute atomic E-state index is 10.2. The quantitative estimate of drug-likeness (QED) is 0.620. The van der Waals surface area contributed by atoms with E-state index < -0.39 is 0 Å². The van der Waals surface area contributed by atoms with E-state index >= 15 is 0 Å². The Hall–Kier alpha value is -1.52. The van der Waals surface area contributed by atoms with E-state index in [9.17, 15) is 9.59 Å². The van der Waals surface area contributed by atoms with Crippen molar-refractivity contribution in [3.63, 3.8) is 0 Å². The zero-order valence-electron chi connectivity index (χ0n) is 13.8. The molecule has 0 bridgehead atoms. The van der Waals surface area contributed by atoms with Crippen molar-refractivity contribution in [3.8, 4) is 0 Å². The van der Waals surface area contributed by atoms with Crippen LogP contribution in [0.25, 0.3) is 0 Å². The molecule has 120 valence electrons. The normalized spacial score (nSPS) is 9.05. The fourth-order valence-electron chi connectivity index (χ4n) is 1.47. The van der Waals surface area contributed by atoms with Crippen LogP contribution in [-0.4, -0.2) is 44.7 Å². The minimum absolute atomic E-state index is 0.442. The van der Waals surface area contributed by atoms with Gasteiger partial charge in [0.2, 0.25) is 0 Å². The smallest absolute Gasteiger partial charge is 0.150 e. The summed E-state index contributed by atoms with van der Waals surface area (Å²) < 4.78 is 0. The van der Waals surface area contributed by atoms with Gasteiger partial charge in [0.1, 0.15) is 0 Å². The highest BCUT2D eigenvalue weighted by molar-refractivity contribution is 5.89. The molecule has 21 heavy (non-hydrogen) atoms. The van der Waals surface area contributed by atoms with Crippen LogP contribution in [0.4, 0.5) is 0 Å². The Bertz CT molecular complexity index is 339. The zero-order valence-corrected chi connectivity index (χ0v) is 13.8. The van der Waals surface area contributed by atoms with Crippen LogP contribution < -0.4 is 5.73 Å². The number of rotatable bonds is 7. The lowest BCUT2D eigenvalue weighted by atomic mass is 10.1. The first-order valence-electron chi connectivity index (χ1n) is 7.50. The van der Waals surface area contributed by atoms with Crippen molar-refractivity contribution in [1.29, 1.82) is 0 Å². The lowest BCUT2D eigenvalue weighted by molar-refractivity contribution is 0.109. The van der Waals surface area contributed by atoms with Gasteiger partial charge in [-0.1, -0.05) is 44.5 Å². The van der Waals surface area contributed by atoms with Gasteiger partial charge < -0.3 is 10.6 Å². The standard InChI is InChI=1S/C8H6O2.C7H18N2.C2H6/c9-5-7-3-1-2-4-8(7)6-10;1-9(2)7-5-3-4-6-8;1-2/h1-6H;3-8H2,1-2H3;1-2H3. The summed E-state index contributed by atoms with van der Waals surface area (Å²) in [6, 6.07) is 6.65. The molecular formula is C17H30N2O2. The Labute approximate surface area is 129 Å². The Morgan fingerprint density at radius 1 is 0.952 bits per heavy atom. The molecule has 0 unspecified atom stereocenters. The number of nitrogens with zero attached hydrogens (tertiary/aromatic N) is 1. The van der Waals surface area contributed by atoms with Crippen LogP contribution >= 0.6 is 0 Å². The highest BCUT2D eigenvalue weighted by Crippen LogP contribution is 2.01. The van der Waals surface area contributed by atoms with Crippen LogP contribution in [0, 0.1) is 0 Å². The molecule has 0 spiro atoms. The highest BCUT2D eigenvalue weighted by Gasteiger charge is 1.95. The Kier molecular flexibility index (Phi) is 17.1. The number of aldehydes is 2. The molecular weight excluding hydrogens is 264 g/mol. The van der Waals surface area contributed by atoms with Crippen molar-refractivity contribution in [2.45, 2.75) is 33.1 Å². The first-order chi connectivity index (χ1) is 10.2. The third-order valence-electron chi connectivity index (χ3n) is 2.56. The van der Waals surface area contributed by atoms with E-state index in [0.717, 1.165) is 6.54 Å². The average Bonchev–Trinajstić information content (AvgIpc) is 2.54. The summed E-state index contributed by atoms with van der Waals surface area (Å²) in [7, 11) is 4.20. The largest absolute Gasteiger partial charge is 0.330 e. The van der Waals surface area contributed by atoms with Gasteiger partial charge in [-0.3, -0.25) is 9.59 Å². The van der Waals surface area contributed by atoms with Crippen molar-refractivity contribution >= 4 is 12.6 Å². The van der Waals surface area contributed by atoms with Gasteiger partial charge in [-0.15, -0.1) is 0 Å². The molecule has 0 aromatic heterocycles. The number of benzene rings is 1. The Morgan fingerprint density at radius 2 is 1.43 bits per heavy atom. The van der Waals surface area contributed by atoms with Crippen molar-refractivity contribution in [2.75, 3.05) is 27.2 Å². The summed E-state index contributed by atoms with van der Waals surface area (Å²) in [6.45, 7) is 6.04. The summed E-state index contributed by atoms with van der Waals surface area (Å²) >= 11 is 0. The fraction of sp³-hybridized carbons (Fsp3) is 0.529. The minimum Gasteiger partial charge on any atom is -0.330 e. The van der Waals surface area contributed by atoms with Crippen LogP contribution in [0.1, 0.15) is 53.8 Å². The van der Waals surface area contributed by atoms with Crippen molar-refractivity contribution in [3.05, 3.63) is 35.4 Å². The molecule has 0 heterocycles. The molecule has 0 fully saturated rings. The van der Waals surface area contributed by atoms with Crippen LogP contribution in [0.5, 0.6) is 0 Å². The SMILES string of the molecule is CC.CN(C)CCCCCN.O=Cc1ccccc1C=O. The molecule has 0 aliphatic heterocycles. The number of carbonyl (C=O) groups is 2. The van der Waals surface area contributed by atoms with Crippen molar-refractivity contribution in [2.24, 2.45) is 5.73 Å². The average molecular weight is 294 g/mol. The molecule has 0 atom stereocenters. The molecule has 2 N–H and O–H groups in total. The molecule has 0 saturated heterocycles. The van der Waals surface area contributed by atoms with Gasteiger partial charge in [0.25, 0.3) is 0 Å². The van der Waals surface area contributed by atoms with E-state index in [1.165, 1.54) is 25.8 Å². The van der Waals surface area contributed by atoms with E-state index in [4.69, 9.17) is 5.73 Å². The lowest BCUT2D eigenvalue weighted by Crippen LogP contribution is -2.13. The predicted octanol–water partition coefficient (Wildman–Crippen LogP) is 3.01. The van der Waals surface area contributed by atoms with E-state index in [1.54, 1.807) is 24.3 Å². The molecule has 0 aliphatic carbocycles. The second-order valence-electron chi connectivity index (χ2n) is 4.52. The van der Waals surface area contributed by atoms with E-state index in [1.807, 2.05) is 13.8 Å². The molecule has 0 saturated carbocycles. The van der Waals surface area contributed by atoms with Gasteiger partial charge >= 0.3 is 0 Å². The van der Waals surface area contributed by atoms with Gasteiger partial charge in [0.15, 0.2) is 12.6 Å². The van der Waals surface area contributed by atoms with Crippen LogP contribution in [0.2, 0.25) is 0 Å². The molecule has 1 aromatic carbocycles. The maximum atomic E-state index is 10.2. The summed E-state index contributed by atoms with van der Waals surface area (Å²) in [5, 5.41) is 0. The third-order valence-corrected chi connectivity index (χ3v) is 2.56. The minimum atomic E-state index is 0.442. The first kappa shape index (κ1) is 21.8. The molecule has 4 heteroatoms. The number of hydrogen-bond acceptors (Lipinski definition) is 4. The molecule has 0 amide bonds. The molecule has 0 radical (unpaired) electrons. The van der Waals surface area contributed by atoms with Crippen molar-refractivity contribution in [1.82, 2.24) is 4.90 Å². The summed E-state index contributed by atoms with van der Waals surface area (Å²) in [4.78, 5) is 22.7. The Morgan fingerprint density at radius 3 is 1.76 bits per heavy atom. The number of hydrogen-bond donors (Lipinski definition) is 1. The molecule has 1 rings (SSSR count). The van der Waals surface area contributed by atoms with Gasteiger partial charge in [0, 0.05) is 11.1 Å². The topological polar surface area (TPSA) is 63.4 Å². The maximum Gasteiger partial charge on any atom is 0.150 e. The first-order valence-corrected chi connectivity index (χ1v) is 7.50. The van der Waals surface area contributed by atoms with Crippen molar-refractivity contribution < 1.29 is 9.59 Å². The Balaban J connectivity index is 0. The lowest BCUT2D eigenvalue weighted by Gasteiger charge is -2.07. The monoisotopic (exact) mass is 294 g/mol. The summed E-state index contributed by atoms with van der Waals surface area (Å²) in [5.41, 5.74) is 6.22. The number of carbonyl (C=O) groups excluding carboxylic acids is 2. The molecule has 1 aromatic rings. The van der Waals surface area contributed by atoms with Gasteiger partial charge in [-0.25, -0.2) is 0 Å². The zero-order chi connectivity index (χ0) is 16.5. The number of nitrogens with two attached hydrogens (primary N) is 1. The van der Waals surface area contributed by atoms with Crippen LogP contribution in [-0.2, 0) is 0 Å². The molecule has 0 aliphatic rings. The second-order valence-corrected chi connectivity index (χ2v) is 4.52. The van der Waals surface area contributed by atoms with Crippen LogP contribution in [0.15, 0.2) is 24.3 Å². The van der Waals surface area contributed by atoms with Crippen LogP contribution in [0.3, 0.4) is 0 Å². The van der Waals surface area contributed by atoms with Gasteiger partial charge in [-0.05, 0) is 40.0 Å². The highest BCUT2D eigenvalue weighted by atomic mass is 16.1. The van der Waals surface area contributed by atoms with Gasteiger partial charge in [-0.2, -0.15) is 0 Å². The molecule has 4 nitrogen and oxygen atoms in total. The third kappa shape index (κ3) is 13.2. The van der Waals surface area contributed by atoms with E-state index in [2.05, 4.69) is 19.0 Å².